The Hall–Kier alpha value is -1.61. The largest absolute Gasteiger partial charge is 0.390 e. The molecular formula is C19H23Cl2F2N5O. The van der Waals surface area contributed by atoms with Crippen molar-refractivity contribution in [3.63, 3.8) is 0 Å². The van der Waals surface area contributed by atoms with Crippen molar-refractivity contribution in [2.24, 2.45) is 11.1 Å². The van der Waals surface area contributed by atoms with Gasteiger partial charge < -0.3 is 15.7 Å². The molecule has 3 rings (SSSR count). The third kappa shape index (κ3) is 4.03. The molecule has 0 bridgehead atoms. The third-order valence-electron chi connectivity index (χ3n) is 5.71. The van der Waals surface area contributed by atoms with Gasteiger partial charge in [-0.05, 0) is 32.8 Å². The summed E-state index contributed by atoms with van der Waals surface area (Å²) in [5.41, 5.74) is 6.65. The summed E-state index contributed by atoms with van der Waals surface area (Å²) in [4.78, 5) is 15.0. The molecule has 3 N–H and O–H groups in total. The van der Waals surface area contributed by atoms with Crippen LogP contribution in [0, 0.1) is 12.3 Å². The Balaban J connectivity index is 1.94. The van der Waals surface area contributed by atoms with Gasteiger partial charge in [0.05, 0.1) is 23.0 Å². The molecule has 10 heteroatoms. The van der Waals surface area contributed by atoms with Gasteiger partial charge in [0, 0.05) is 36.3 Å². The Morgan fingerprint density at radius 2 is 1.93 bits per heavy atom. The van der Waals surface area contributed by atoms with Crippen LogP contribution in [0.4, 0.5) is 14.6 Å². The van der Waals surface area contributed by atoms with Crippen LogP contribution in [0.2, 0.25) is 10.2 Å². The molecule has 1 fully saturated rings. The molecule has 0 aliphatic carbocycles. The van der Waals surface area contributed by atoms with Crippen molar-refractivity contribution in [2.75, 3.05) is 18.0 Å². The number of nitrogens with zero attached hydrogens (tertiary/aromatic N) is 4. The van der Waals surface area contributed by atoms with Crippen LogP contribution in [0.3, 0.4) is 0 Å². The van der Waals surface area contributed by atoms with E-state index in [4.69, 9.17) is 28.9 Å². The summed E-state index contributed by atoms with van der Waals surface area (Å²) in [6.45, 7) is 3.76. The normalized spacial score (nSPS) is 17.6. The second-order valence-corrected chi connectivity index (χ2v) is 8.09. The van der Waals surface area contributed by atoms with Gasteiger partial charge >= 0.3 is 0 Å². The van der Waals surface area contributed by atoms with E-state index in [1.165, 1.54) is 6.20 Å². The molecular weight excluding hydrogens is 423 g/mol. The number of alkyl halides is 2. The second kappa shape index (κ2) is 8.63. The van der Waals surface area contributed by atoms with Gasteiger partial charge in [-0.2, -0.15) is 0 Å². The number of aliphatic hydroxyl groups is 1. The number of anilines is 1. The molecule has 1 unspecified atom stereocenters. The number of aromatic nitrogens is 3. The average molecular weight is 446 g/mol. The average Bonchev–Trinajstić information content (AvgIpc) is 2.70. The summed E-state index contributed by atoms with van der Waals surface area (Å²) in [5.74, 6) is 0.484. The quantitative estimate of drug-likeness (QED) is 0.679. The Bertz CT molecular complexity index is 879. The lowest BCUT2D eigenvalue weighted by molar-refractivity contribution is -0.0365. The zero-order valence-electron chi connectivity index (χ0n) is 16.2. The van der Waals surface area contributed by atoms with E-state index in [1.54, 1.807) is 19.9 Å². The first-order valence-electron chi connectivity index (χ1n) is 9.28. The SMILES string of the molecule is Cc1nc(N2CCC(C(C)N)(C(F)F)CC2)c(CO)nc1-c1ccnc(Cl)c1Cl. The maximum atomic E-state index is 13.7. The predicted molar refractivity (Wildman–Crippen MR) is 109 cm³/mol. The van der Waals surface area contributed by atoms with Crippen LogP contribution < -0.4 is 10.6 Å². The highest BCUT2D eigenvalue weighted by molar-refractivity contribution is 6.42. The van der Waals surface area contributed by atoms with Crippen molar-refractivity contribution in [2.45, 2.75) is 45.8 Å². The molecule has 0 amide bonds. The number of hydrogen-bond acceptors (Lipinski definition) is 6. The van der Waals surface area contributed by atoms with Gasteiger partial charge in [-0.3, -0.25) is 0 Å². The molecule has 0 aromatic carbocycles. The molecule has 3 heterocycles. The molecule has 2 aromatic heterocycles. The van der Waals surface area contributed by atoms with Crippen LogP contribution in [-0.4, -0.2) is 45.6 Å². The molecule has 158 valence electrons. The Kier molecular flexibility index (Phi) is 6.57. The maximum Gasteiger partial charge on any atom is 0.245 e. The van der Waals surface area contributed by atoms with Gasteiger partial charge in [-0.15, -0.1) is 0 Å². The fraction of sp³-hybridized carbons (Fsp3) is 0.526. The van der Waals surface area contributed by atoms with E-state index in [9.17, 15) is 13.9 Å². The Morgan fingerprint density at radius 1 is 1.28 bits per heavy atom. The first kappa shape index (κ1) is 22.1. The minimum atomic E-state index is -2.49. The van der Waals surface area contributed by atoms with E-state index < -0.39 is 17.9 Å². The smallest absolute Gasteiger partial charge is 0.245 e. The lowest BCUT2D eigenvalue weighted by Gasteiger charge is -2.44. The number of pyridine rings is 1. The summed E-state index contributed by atoms with van der Waals surface area (Å²) >= 11 is 12.3. The maximum absolute atomic E-state index is 13.7. The van der Waals surface area contributed by atoms with E-state index in [-0.39, 0.29) is 29.6 Å². The van der Waals surface area contributed by atoms with Crippen molar-refractivity contribution >= 4 is 29.0 Å². The number of piperidine rings is 1. The van der Waals surface area contributed by atoms with Gasteiger partial charge in [0.2, 0.25) is 6.43 Å². The van der Waals surface area contributed by atoms with Crippen LogP contribution in [0.1, 0.15) is 31.2 Å². The van der Waals surface area contributed by atoms with Gasteiger partial charge in [0.1, 0.15) is 10.8 Å². The van der Waals surface area contributed by atoms with E-state index in [2.05, 4.69) is 15.0 Å². The minimum Gasteiger partial charge on any atom is -0.390 e. The fourth-order valence-corrected chi connectivity index (χ4v) is 4.12. The van der Waals surface area contributed by atoms with E-state index in [0.717, 1.165) is 0 Å². The van der Waals surface area contributed by atoms with E-state index in [1.807, 2.05) is 4.90 Å². The summed E-state index contributed by atoms with van der Waals surface area (Å²) < 4.78 is 27.4. The summed E-state index contributed by atoms with van der Waals surface area (Å²) in [5, 5.41) is 10.3. The summed E-state index contributed by atoms with van der Waals surface area (Å²) in [6, 6.07) is 1.06. The Morgan fingerprint density at radius 3 is 2.48 bits per heavy atom. The molecule has 0 radical (unpaired) electrons. The molecule has 1 atom stereocenters. The van der Waals surface area contributed by atoms with Crippen LogP contribution in [0.25, 0.3) is 11.3 Å². The van der Waals surface area contributed by atoms with Gasteiger partial charge in [0.15, 0.2) is 5.82 Å². The Labute approximate surface area is 178 Å². The molecule has 0 spiro atoms. The highest BCUT2D eigenvalue weighted by atomic mass is 35.5. The van der Waals surface area contributed by atoms with Crippen LogP contribution >= 0.6 is 23.2 Å². The molecule has 1 aliphatic heterocycles. The third-order valence-corrected chi connectivity index (χ3v) is 6.47. The summed E-state index contributed by atoms with van der Waals surface area (Å²) in [6.07, 6.45) is -0.501. The van der Waals surface area contributed by atoms with Gasteiger partial charge in [-0.1, -0.05) is 23.2 Å². The molecule has 29 heavy (non-hydrogen) atoms. The number of nitrogens with two attached hydrogens (primary N) is 1. The molecule has 6 nitrogen and oxygen atoms in total. The number of rotatable bonds is 5. The first-order valence-corrected chi connectivity index (χ1v) is 10.0. The number of aryl methyl sites for hydroxylation is 1. The van der Waals surface area contributed by atoms with Crippen molar-refractivity contribution in [3.8, 4) is 11.3 Å². The van der Waals surface area contributed by atoms with Crippen LogP contribution in [0.5, 0.6) is 0 Å². The van der Waals surface area contributed by atoms with Crippen molar-refractivity contribution < 1.29 is 13.9 Å². The zero-order valence-corrected chi connectivity index (χ0v) is 17.7. The number of aliphatic hydroxyl groups excluding tert-OH is 1. The van der Waals surface area contributed by atoms with Crippen molar-refractivity contribution in [1.29, 1.82) is 0 Å². The molecule has 2 aromatic rings. The van der Waals surface area contributed by atoms with E-state index >= 15 is 0 Å². The standard InChI is InChI=1S/C19H23Cl2F2N5O/c1-10-15(12-3-6-25-16(21)14(12)20)27-13(9-29)17(26-10)28-7-4-19(5-8-28,11(2)24)18(22)23/h3,6,11,18,29H,4-5,7-9,24H2,1-2H3. The topological polar surface area (TPSA) is 88.2 Å². The van der Waals surface area contributed by atoms with Crippen LogP contribution in [0.15, 0.2) is 12.3 Å². The highest BCUT2D eigenvalue weighted by Crippen LogP contribution is 2.41. The molecule has 0 saturated carbocycles. The number of hydrogen-bond donors (Lipinski definition) is 2. The molecule has 1 saturated heterocycles. The molecule has 1 aliphatic rings. The monoisotopic (exact) mass is 445 g/mol. The highest BCUT2D eigenvalue weighted by Gasteiger charge is 2.46. The first-order chi connectivity index (χ1) is 13.7. The zero-order chi connectivity index (χ0) is 21.3. The van der Waals surface area contributed by atoms with Gasteiger partial charge in [-0.25, -0.2) is 23.7 Å². The van der Waals surface area contributed by atoms with Crippen molar-refractivity contribution in [1.82, 2.24) is 15.0 Å². The lowest BCUT2D eigenvalue weighted by atomic mass is 9.73. The fourth-order valence-electron chi connectivity index (χ4n) is 3.76. The minimum absolute atomic E-state index is 0.148. The summed E-state index contributed by atoms with van der Waals surface area (Å²) in [7, 11) is 0. The predicted octanol–water partition coefficient (Wildman–Crippen LogP) is 3.85. The van der Waals surface area contributed by atoms with E-state index in [0.29, 0.717) is 41.6 Å². The lowest BCUT2D eigenvalue weighted by Crippen LogP contribution is -2.52. The number of halogens is 4. The van der Waals surface area contributed by atoms with Crippen LogP contribution in [-0.2, 0) is 6.61 Å². The second-order valence-electron chi connectivity index (χ2n) is 7.36. The van der Waals surface area contributed by atoms with Crippen molar-refractivity contribution in [3.05, 3.63) is 33.8 Å². The van der Waals surface area contributed by atoms with Gasteiger partial charge in [0.25, 0.3) is 0 Å².